The van der Waals surface area contributed by atoms with Gasteiger partial charge in [0.05, 0.1) is 5.92 Å². The van der Waals surface area contributed by atoms with Gasteiger partial charge in [-0.1, -0.05) is 44.2 Å². The lowest BCUT2D eigenvalue weighted by atomic mass is 9.83. The first kappa shape index (κ1) is 24.0. The summed E-state index contributed by atoms with van der Waals surface area (Å²) in [5, 5.41) is 5.93. The summed E-state index contributed by atoms with van der Waals surface area (Å²) >= 11 is 0. The Bertz CT molecular complexity index is 1060. The first-order valence-electron chi connectivity index (χ1n) is 11.4. The molecule has 1 aliphatic carbocycles. The Balaban J connectivity index is 1.50. The molecule has 0 spiro atoms. The number of anilines is 1. The van der Waals surface area contributed by atoms with Gasteiger partial charge < -0.3 is 15.5 Å². The van der Waals surface area contributed by atoms with Crippen LogP contribution in [-0.4, -0.2) is 47.5 Å². The number of aromatic nitrogens is 1. The van der Waals surface area contributed by atoms with E-state index in [-0.39, 0.29) is 42.3 Å². The van der Waals surface area contributed by atoms with Gasteiger partial charge in [0, 0.05) is 43.2 Å². The molecule has 9 heteroatoms. The third kappa shape index (κ3) is 4.60. The zero-order chi connectivity index (χ0) is 24.7. The average Bonchev–Trinajstić information content (AvgIpc) is 3.04. The number of rotatable bonds is 5. The van der Waals surface area contributed by atoms with E-state index in [2.05, 4.69) is 41.6 Å². The van der Waals surface area contributed by atoms with Gasteiger partial charge in [0.1, 0.15) is 5.82 Å². The van der Waals surface area contributed by atoms with Crippen LogP contribution in [0, 0.1) is 5.92 Å². The van der Waals surface area contributed by atoms with Crippen molar-refractivity contribution in [3.63, 3.8) is 0 Å². The number of alkyl halides is 3. The summed E-state index contributed by atoms with van der Waals surface area (Å²) < 4.78 is 42.1. The minimum atomic E-state index is -4.67. The predicted octanol–water partition coefficient (Wildman–Crippen LogP) is 3.98. The molecule has 2 amide bonds. The van der Waals surface area contributed by atoms with Crippen LogP contribution in [0.15, 0.2) is 42.6 Å². The van der Waals surface area contributed by atoms with Crippen LogP contribution in [-0.2, 0) is 21.4 Å². The topological polar surface area (TPSA) is 74.3 Å². The van der Waals surface area contributed by atoms with Crippen LogP contribution < -0.4 is 10.6 Å². The molecule has 34 heavy (non-hydrogen) atoms. The third-order valence-electron chi connectivity index (χ3n) is 7.09. The lowest BCUT2D eigenvalue weighted by Crippen LogP contribution is -2.47. The summed E-state index contributed by atoms with van der Waals surface area (Å²) in [4.78, 5) is 29.1. The number of pyridine rings is 1. The average molecular weight is 475 g/mol. The highest BCUT2D eigenvalue weighted by Crippen LogP contribution is 2.41. The maximum atomic E-state index is 14.0. The normalized spacial score (nSPS) is 22.5. The third-order valence-corrected chi connectivity index (χ3v) is 7.09. The van der Waals surface area contributed by atoms with Gasteiger partial charge >= 0.3 is 6.18 Å². The molecule has 0 saturated carbocycles. The first-order chi connectivity index (χ1) is 16.0. The maximum absolute atomic E-state index is 14.0. The van der Waals surface area contributed by atoms with Crippen LogP contribution in [0.1, 0.15) is 49.4 Å². The molecule has 2 N–H and O–H groups in total. The lowest BCUT2D eigenvalue weighted by molar-refractivity contribution is -0.190. The van der Waals surface area contributed by atoms with Crippen molar-refractivity contribution in [2.75, 3.05) is 18.9 Å². The standard InChI is InChI=1S/C25H29F3N4O2/c1-24(2)18-7-5-4-6-15(18)12-19(24)31-20-10-8-16(13-29-20)22(25(26,27)28)32(3)23(34)17-9-11-21(33)30-14-17/h4-8,10,13,17,19,22H,9,11-12,14H2,1-3H3,(H,29,31)(H,30,33)/t17-,19+,22?/m1/s1. The molecular formula is C25H29F3N4O2. The Morgan fingerprint density at radius 2 is 1.97 bits per heavy atom. The summed E-state index contributed by atoms with van der Waals surface area (Å²) in [6, 6.07) is 9.03. The van der Waals surface area contributed by atoms with Gasteiger partial charge in [-0.05, 0) is 30.0 Å². The van der Waals surface area contributed by atoms with Crippen LogP contribution in [0.2, 0.25) is 0 Å². The summed E-state index contributed by atoms with van der Waals surface area (Å²) in [7, 11) is 1.15. The first-order valence-corrected chi connectivity index (χ1v) is 11.4. The van der Waals surface area contributed by atoms with E-state index < -0.39 is 24.0 Å². The van der Waals surface area contributed by atoms with E-state index in [0.29, 0.717) is 5.82 Å². The molecule has 1 saturated heterocycles. The second-order valence-corrected chi connectivity index (χ2v) is 9.69. The Kier molecular flexibility index (Phi) is 6.31. The highest BCUT2D eigenvalue weighted by molar-refractivity contribution is 5.84. The molecule has 3 atom stereocenters. The van der Waals surface area contributed by atoms with E-state index in [1.54, 1.807) is 0 Å². The van der Waals surface area contributed by atoms with Crippen molar-refractivity contribution >= 4 is 17.6 Å². The van der Waals surface area contributed by atoms with Gasteiger partial charge in [0.25, 0.3) is 0 Å². The van der Waals surface area contributed by atoms with Crippen molar-refractivity contribution in [2.24, 2.45) is 5.92 Å². The molecule has 1 aromatic heterocycles. The smallest absolute Gasteiger partial charge is 0.366 e. The van der Waals surface area contributed by atoms with Crippen molar-refractivity contribution in [2.45, 2.75) is 56.8 Å². The number of amides is 2. The van der Waals surface area contributed by atoms with Crippen molar-refractivity contribution in [1.29, 1.82) is 0 Å². The predicted molar refractivity (Wildman–Crippen MR) is 122 cm³/mol. The molecule has 1 aliphatic heterocycles. The fourth-order valence-corrected chi connectivity index (χ4v) is 5.04. The molecule has 2 aromatic rings. The van der Waals surface area contributed by atoms with E-state index in [4.69, 9.17) is 0 Å². The van der Waals surface area contributed by atoms with E-state index in [1.807, 2.05) is 12.1 Å². The van der Waals surface area contributed by atoms with E-state index in [9.17, 15) is 22.8 Å². The number of hydrogen-bond donors (Lipinski definition) is 2. The van der Waals surface area contributed by atoms with Crippen LogP contribution in [0.3, 0.4) is 0 Å². The Morgan fingerprint density at radius 1 is 1.24 bits per heavy atom. The van der Waals surface area contributed by atoms with Crippen molar-refractivity contribution < 1.29 is 22.8 Å². The SMILES string of the molecule is CN(C(=O)[C@@H]1CCC(=O)NC1)C(c1ccc(N[C@H]2Cc3ccccc3C2(C)C)nc1)C(F)(F)F. The number of hydrogen-bond acceptors (Lipinski definition) is 4. The number of nitrogens with one attached hydrogen (secondary N) is 2. The summed E-state index contributed by atoms with van der Waals surface area (Å²) in [6.07, 6.45) is -2.33. The van der Waals surface area contributed by atoms with Gasteiger partial charge in [-0.25, -0.2) is 4.98 Å². The zero-order valence-electron chi connectivity index (χ0n) is 19.4. The van der Waals surface area contributed by atoms with Crippen LogP contribution in [0.25, 0.3) is 0 Å². The number of carbonyl (C=O) groups is 2. The van der Waals surface area contributed by atoms with Gasteiger partial charge in [-0.3, -0.25) is 9.59 Å². The highest BCUT2D eigenvalue weighted by Gasteiger charge is 2.47. The summed E-state index contributed by atoms with van der Waals surface area (Å²) in [5.41, 5.74) is 2.23. The Morgan fingerprint density at radius 3 is 2.56 bits per heavy atom. The summed E-state index contributed by atoms with van der Waals surface area (Å²) in [6.45, 7) is 4.32. The quantitative estimate of drug-likeness (QED) is 0.688. The highest BCUT2D eigenvalue weighted by atomic mass is 19.4. The molecule has 0 bridgehead atoms. The molecule has 182 valence electrons. The van der Waals surface area contributed by atoms with Crippen molar-refractivity contribution in [3.05, 3.63) is 59.3 Å². The monoisotopic (exact) mass is 474 g/mol. The number of piperidine rings is 1. The molecule has 1 aromatic carbocycles. The van der Waals surface area contributed by atoms with Gasteiger partial charge in [0.2, 0.25) is 11.8 Å². The molecule has 0 radical (unpaired) electrons. The van der Waals surface area contributed by atoms with E-state index >= 15 is 0 Å². The lowest BCUT2D eigenvalue weighted by Gasteiger charge is -2.34. The fourth-order valence-electron chi connectivity index (χ4n) is 5.04. The molecular weight excluding hydrogens is 445 g/mol. The fraction of sp³-hybridized carbons (Fsp3) is 0.480. The molecule has 1 fully saturated rings. The number of fused-ring (bicyclic) bond motifs is 1. The van der Waals surface area contributed by atoms with Gasteiger partial charge in [0.15, 0.2) is 6.04 Å². The van der Waals surface area contributed by atoms with Crippen LogP contribution >= 0.6 is 0 Å². The van der Waals surface area contributed by atoms with Crippen molar-refractivity contribution in [3.8, 4) is 0 Å². The maximum Gasteiger partial charge on any atom is 0.413 e. The summed E-state index contributed by atoms with van der Waals surface area (Å²) in [5.74, 6) is -1.03. The van der Waals surface area contributed by atoms with Gasteiger partial charge in [-0.15, -0.1) is 0 Å². The van der Waals surface area contributed by atoms with Crippen LogP contribution in [0.4, 0.5) is 19.0 Å². The number of carbonyl (C=O) groups excluding carboxylic acids is 2. The molecule has 2 heterocycles. The second kappa shape index (κ2) is 8.92. The minimum absolute atomic E-state index is 0.0485. The number of nitrogens with zero attached hydrogens (tertiary/aromatic N) is 2. The van der Waals surface area contributed by atoms with Gasteiger partial charge in [-0.2, -0.15) is 13.2 Å². The number of halogens is 3. The molecule has 2 aliphatic rings. The Labute approximate surface area is 196 Å². The van der Waals surface area contributed by atoms with E-state index in [0.717, 1.165) is 18.4 Å². The van der Waals surface area contributed by atoms with Crippen molar-refractivity contribution in [1.82, 2.24) is 15.2 Å². The second-order valence-electron chi connectivity index (χ2n) is 9.69. The number of benzene rings is 1. The largest absolute Gasteiger partial charge is 0.413 e. The Hall–Kier alpha value is -3.10. The zero-order valence-corrected chi connectivity index (χ0v) is 19.4. The molecule has 6 nitrogen and oxygen atoms in total. The van der Waals surface area contributed by atoms with E-state index in [1.165, 1.54) is 29.5 Å². The molecule has 1 unspecified atom stereocenters. The van der Waals surface area contributed by atoms with Crippen LogP contribution in [0.5, 0.6) is 0 Å². The minimum Gasteiger partial charge on any atom is -0.366 e. The molecule has 4 rings (SSSR count).